The minimum absolute atomic E-state index is 0.0111. The molecule has 0 spiro atoms. The van der Waals surface area contributed by atoms with Gasteiger partial charge in [0.1, 0.15) is 17.5 Å². The van der Waals surface area contributed by atoms with Crippen LogP contribution in [0, 0.1) is 6.92 Å². The number of nitrogens with one attached hydrogen (secondary N) is 2. The van der Waals surface area contributed by atoms with E-state index in [-0.39, 0.29) is 5.60 Å². The quantitative estimate of drug-likeness (QED) is 0.810. The molecule has 100 valence electrons. The maximum absolute atomic E-state index is 5.58. The standard InChI is InChI=1S/C13H22N4O/c1-4-14-11-8-12(17-10(2)16-11)15-9-13(18-3)6-5-7-13/h8H,4-7,9H2,1-3H3,(H2,14,15,16,17). The summed E-state index contributed by atoms with van der Waals surface area (Å²) in [5, 5.41) is 6.57. The van der Waals surface area contributed by atoms with Crippen LogP contribution in [0.5, 0.6) is 0 Å². The van der Waals surface area contributed by atoms with Gasteiger partial charge in [-0.3, -0.25) is 0 Å². The van der Waals surface area contributed by atoms with Crippen LogP contribution in [0.2, 0.25) is 0 Å². The van der Waals surface area contributed by atoms with Crippen LogP contribution in [0.15, 0.2) is 6.07 Å². The van der Waals surface area contributed by atoms with Crippen molar-refractivity contribution in [1.82, 2.24) is 9.97 Å². The van der Waals surface area contributed by atoms with Crippen LogP contribution in [0.4, 0.5) is 11.6 Å². The van der Waals surface area contributed by atoms with E-state index >= 15 is 0 Å². The molecule has 1 aliphatic rings. The summed E-state index contributed by atoms with van der Waals surface area (Å²) in [6.07, 6.45) is 3.50. The summed E-state index contributed by atoms with van der Waals surface area (Å²) in [5.41, 5.74) is 0.0111. The minimum Gasteiger partial charge on any atom is -0.376 e. The molecule has 0 atom stereocenters. The van der Waals surface area contributed by atoms with Gasteiger partial charge in [0.15, 0.2) is 0 Å². The Morgan fingerprint density at radius 1 is 1.28 bits per heavy atom. The Balaban J connectivity index is 2.00. The second-order valence-electron chi connectivity index (χ2n) is 4.81. The van der Waals surface area contributed by atoms with Crippen molar-refractivity contribution in [3.05, 3.63) is 11.9 Å². The summed E-state index contributed by atoms with van der Waals surface area (Å²) in [6, 6.07) is 1.94. The molecule has 5 heteroatoms. The molecule has 1 fully saturated rings. The second kappa shape index (κ2) is 5.52. The van der Waals surface area contributed by atoms with Crippen molar-refractivity contribution in [2.75, 3.05) is 30.8 Å². The molecule has 1 heterocycles. The van der Waals surface area contributed by atoms with Crippen molar-refractivity contribution in [3.63, 3.8) is 0 Å². The van der Waals surface area contributed by atoms with E-state index in [0.29, 0.717) is 0 Å². The average molecular weight is 250 g/mol. The Morgan fingerprint density at radius 2 is 1.94 bits per heavy atom. The van der Waals surface area contributed by atoms with Gasteiger partial charge in [0, 0.05) is 26.3 Å². The maximum atomic E-state index is 5.58. The predicted octanol–water partition coefficient (Wildman–Crippen LogP) is 2.20. The van der Waals surface area contributed by atoms with E-state index in [0.717, 1.165) is 43.4 Å². The van der Waals surface area contributed by atoms with Gasteiger partial charge in [-0.25, -0.2) is 9.97 Å². The molecule has 0 amide bonds. The van der Waals surface area contributed by atoms with Crippen LogP contribution in [-0.4, -0.2) is 35.8 Å². The molecule has 2 N–H and O–H groups in total. The number of methoxy groups -OCH3 is 1. The first kappa shape index (κ1) is 13.1. The van der Waals surface area contributed by atoms with E-state index in [1.807, 2.05) is 13.0 Å². The fourth-order valence-electron chi connectivity index (χ4n) is 2.21. The monoisotopic (exact) mass is 250 g/mol. The van der Waals surface area contributed by atoms with Gasteiger partial charge >= 0.3 is 0 Å². The lowest BCUT2D eigenvalue weighted by Crippen LogP contribution is -2.45. The van der Waals surface area contributed by atoms with Crippen molar-refractivity contribution >= 4 is 11.6 Å². The first-order chi connectivity index (χ1) is 8.67. The number of nitrogens with zero attached hydrogens (tertiary/aromatic N) is 2. The fraction of sp³-hybridized carbons (Fsp3) is 0.692. The summed E-state index contributed by atoms with van der Waals surface area (Å²) in [7, 11) is 1.79. The van der Waals surface area contributed by atoms with Crippen molar-refractivity contribution in [3.8, 4) is 0 Å². The highest BCUT2D eigenvalue weighted by Crippen LogP contribution is 2.35. The Kier molecular flexibility index (Phi) is 4.01. The van der Waals surface area contributed by atoms with Crippen LogP contribution in [-0.2, 0) is 4.74 Å². The summed E-state index contributed by atoms with van der Waals surface area (Å²) in [4.78, 5) is 8.72. The van der Waals surface area contributed by atoms with Crippen molar-refractivity contribution < 1.29 is 4.74 Å². The van der Waals surface area contributed by atoms with Gasteiger partial charge in [-0.05, 0) is 33.1 Å². The first-order valence-corrected chi connectivity index (χ1v) is 6.56. The number of aromatic nitrogens is 2. The van der Waals surface area contributed by atoms with Crippen LogP contribution in [0.3, 0.4) is 0 Å². The van der Waals surface area contributed by atoms with E-state index in [2.05, 4.69) is 27.5 Å². The summed E-state index contributed by atoms with van der Waals surface area (Å²) in [6.45, 7) is 5.63. The predicted molar refractivity (Wildman–Crippen MR) is 73.0 cm³/mol. The minimum atomic E-state index is 0.0111. The second-order valence-corrected chi connectivity index (χ2v) is 4.81. The highest BCUT2D eigenvalue weighted by Gasteiger charge is 2.36. The summed E-state index contributed by atoms with van der Waals surface area (Å²) < 4.78 is 5.58. The summed E-state index contributed by atoms with van der Waals surface area (Å²) in [5.74, 6) is 2.50. The number of hydrogen-bond acceptors (Lipinski definition) is 5. The lowest BCUT2D eigenvalue weighted by atomic mass is 9.80. The van der Waals surface area contributed by atoms with E-state index in [9.17, 15) is 0 Å². The molecule has 0 radical (unpaired) electrons. The molecule has 1 aromatic heterocycles. The molecule has 5 nitrogen and oxygen atoms in total. The molecule has 2 rings (SSSR count). The number of anilines is 2. The zero-order valence-corrected chi connectivity index (χ0v) is 11.4. The SMILES string of the molecule is CCNc1cc(NCC2(OC)CCC2)nc(C)n1. The molecule has 0 aliphatic heterocycles. The van der Waals surface area contributed by atoms with Crippen LogP contribution in [0.25, 0.3) is 0 Å². The molecule has 0 unspecified atom stereocenters. The molecule has 1 saturated carbocycles. The van der Waals surface area contributed by atoms with Gasteiger partial charge in [0.05, 0.1) is 5.60 Å². The Labute approximate surface area is 108 Å². The lowest BCUT2D eigenvalue weighted by Gasteiger charge is -2.40. The molecule has 1 aromatic rings. The molecule has 0 bridgehead atoms. The van der Waals surface area contributed by atoms with Crippen LogP contribution >= 0.6 is 0 Å². The molecular formula is C13H22N4O. The third kappa shape index (κ3) is 2.90. The third-order valence-corrected chi connectivity index (χ3v) is 3.49. The topological polar surface area (TPSA) is 59.1 Å². The Hall–Kier alpha value is -1.36. The number of aryl methyl sites for hydroxylation is 1. The van der Waals surface area contributed by atoms with Crippen molar-refractivity contribution in [2.24, 2.45) is 0 Å². The highest BCUT2D eigenvalue weighted by molar-refractivity contribution is 5.47. The van der Waals surface area contributed by atoms with Crippen molar-refractivity contribution in [2.45, 2.75) is 38.7 Å². The van der Waals surface area contributed by atoms with Gasteiger partial charge in [-0.2, -0.15) is 0 Å². The average Bonchev–Trinajstić information content (AvgIpc) is 2.28. The maximum Gasteiger partial charge on any atom is 0.131 e. The van der Waals surface area contributed by atoms with Gasteiger partial charge in [-0.1, -0.05) is 0 Å². The van der Waals surface area contributed by atoms with E-state index < -0.39 is 0 Å². The van der Waals surface area contributed by atoms with Crippen molar-refractivity contribution in [1.29, 1.82) is 0 Å². The van der Waals surface area contributed by atoms with Gasteiger partial charge in [0.2, 0.25) is 0 Å². The smallest absolute Gasteiger partial charge is 0.131 e. The van der Waals surface area contributed by atoms with E-state index in [1.54, 1.807) is 7.11 Å². The zero-order valence-electron chi connectivity index (χ0n) is 11.4. The Morgan fingerprint density at radius 3 is 2.44 bits per heavy atom. The largest absolute Gasteiger partial charge is 0.376 e. The molecular weight excluding hydrogens is 228 g/mol. The van der Waals surface area contributed by atoms with Crippen LogP contribution < -0.4 is 10.6 Å². The van der Waals surface area contributed by atoms with Gasteiger partial charge in [-0.15, -0.1) is 0 Å². The molecule has 0 saturated heterocycles. The number of hydrogen-bond donors (Lipinski definition) is 2. The first-order valence-electron chi connectivity index (χ1n) is 6.56. The number of rotatable bonds is 6. The number of ether oxygens (including phenoxy) is 1. The van der Waals surface area contributed by atoms with Crippen LogP contribution in [0.1, 0.15) is 32.0 Å². The highest BCUT2D eigenvalue weighted by atomic mass is 16.5. The molecule has 0 aromatic carbocycles. The fourth-order valence-corrected chi connectivity index (χ4v) is 2.21. The third-order valence-electron chi connectivity index (χ3n) is 3.49. The summed E-state index contributed by atoms with van der Waals surface area (Å²) >= 11 is 0. The van der Waals surface area contributed by atoms with E-state index in [1.165, 1.54) is 6.42 Å². The lowest BCUT2D eigenvalue weighted by molar-refractivity contribution is -0.0601. The Bertz CT molecular complexity index is 398. The normalized spacial score (nSPS) is 17.1. The molecule has 18 heavy (non-hydrogen) atoms. The molecule has 1 aliphatic carbocycles. The van der Waals surface area contributed by atoms with Gasteiger partial charge in [0.25, 0.3) is 0 Å². The van der Waals surface area contributed by atoms with Gasteiger partial charge < -0.3 is 15.4 Å². The van der Waals surface area contributed by atoms with E-state index in [4.69, 9.17) is 4.74 Å². The zero-order chi connectivity index (χ0) is 13.0.